The first-order chi connectivity index (χ1) is 8.78. The zero-order valence-electron chi connectivity index (χ0n) is 10.3. The molecule has 1 aromatic rings. The van der Waals surface area contributed by atoms with Crippen LogP contribution in [-0.4, -0.2) is 37.6 Å². The Hall–Kier alpha value is -1.81. The molecule has 2 aliphatic rings. The maximum absolute atomic E-state index is 11.3. The van der Waals surface area contributed by atoms with Gasteiger partial charge in [0.15, 0.2) is 0 Å². The number of fused-ring (bicyclic) bond motifs is 2. The molecule has 1 radical (unpaired) electrons. The topological polar surface area (TPSA) is 43.6 Å². The van der Waals surface area contributed by atoms with Crippen LogP contribution in [0.4, 0.5) is 5.69 Å². The van der Waals surface area contributed by atoms with Gasteiger partial charge in [-0.2, -0.15) is 0 Å². The van der Waals surface area contributed by atoms with Gasteiger partial charge in [-0.3, -0.25) is 15.0 Å². The van der Waals surface area contributed by atoms with Crippen LogP contribution in [-0.2, 0) is 9.53 Å². The minimum absolute atomic E-state index is 0.186. The van der Waals surface area contributed by atoms with Crippen molar-refractivity contribution in [2.24, 2.45) is 0 Å². The Kier molecular flexibility index (Phi) is 2.80. The standard InChI is InChI=1S/C14H15N2O2/c1-18-14(17)9-16-7-6-11-10-4-2-3-5-12(10)15-13(11)8-16/h2-5H,6-9H2,1H3. The zero-order chi connectivity index (χ0) is 12.5. The van der Waals surface area contributed by atoms with Crippen molar-refractivity contribution in [1.82, 2.24) is 10.2 Å². The average molecular weight is 243 g/mol. The van der Waals surface area contributed by atoms with Crippen LogP contribution in [0.1, 0.15) is 12.0 Å². The molecular weight excluding hydrogens is 228 g/mol. The van der Waals surface area contributed by atoms with E-state index in [0.717, 1.165) is 30.9 Å². The number of esters is 1. The van der Waals surface area contributed by atoms with E-state index in [1.54, 1.807) is 0 Å². The summed E-state index contributed by atoms with van der Waals surface area (Å²) in [6.07, 6.45) is 0.951. The predicted octanol–water partition coefficient (Wildman–Crippen LogP) is 1.53. The predicted molar refractivity (Wildman–Crippen MR) is 68.2 cm³/mol. The van der Waals surface area contributed by atoms with Crippen LogP contribution in [0.5, 0.6) is 0 Å². The molecule has 0 amide bonds. The van der Waals surface area contributed by atoms with Gasteiger partial charge in [-0.25, -0.2) is 0 Å². The number of rotatable bonds is 2. The maximum Gasteiger partial charge on any atom is 0.319 e. The summed E-state index contributed by atoms with van der Waals surface area (Å²) in [6.45, 7) is 1.97. The monoisotopic (exact) mass is 243 g/mol. The van der Waals surface area contributed by atoms with Crippen molar-refractivity contribution in [2.45, 2.75) is 6.42 Å². The van der Waals surface area contributed by atoms with E-state index in [2.05, 4.69) is 16.3 Å². The van der Waals surface area contributed by atoms with Gasteiger partial charge in [-0.15, -0.1) is 0 Å². The fourth-order valence-corrected chi connectivity index (χ4v) is 2.55. The smallest absolute Gasteiger partial charge is 0.319 e. The lowest BCUT2D eigenvalue weighted by molar-refractivity contribution is -0.141. The summed E-state index contributed by atoms with van der Waals surface area (Å²) in [5, 5.41) is 4.64. The lowest BCUT2D eigenvalue weighted by Gasteiger charge is -2.26. The molecule has 0 saturated carbocycles. The minimum atomic E-state index is -0.186. The van der Waals surface area contributed by atoms with Crippen LogP contribution in [0.15, 0.2) is 30.0 Å². The van der Waals surface area contributed by atoms with Gasteiger partial charge < -0.3 is 4.74 Å². The van der Waals surface area contributed by atoms with E-state index < -0.39 is 0 Å². The van der Waals surface area contributed by atoms with Crippen LogP contribution >= 0.6 is 0 Å². The summed E-state index contributed by atoms with van der Waals surface area (Å²) in [7, 11) is 1.42. The Balaban J connectivity index is 1.76. The molecule has 0 aliphatic carbocycles. The SMILES string of the molecule is COC(=O)CN1CCC2=C(C1)[N]c1ccccc12. The molecule has 0 bridgehead atoms. The number of methoxy groups -OCH3 is 1. The zero-order valence-corrected chi connectivity index (χ0v) is 10.3. The normalized spacial score (nSPS) is 18.1. The lowest BCUT2D eigenvalue weighted by atomic mass is 9.99. The molecule has 0 saturated heterocycles. The van der Waals surface area contributed by atoms with Crippen LogP contribution in [0, 0.1) is 0 Å². The van der Waals surface area contributed by atoms with Gasteiger partial charge in [-0.05, 0) is 18.1 Å². The molecule has 2 heterocycles. The first-order valence-corrected chi connectivity index (χ1v) is 6.10. The van der Waals surface area contributed by atoms with E-state index in [1.807, 2.05) is 18.2 Å². The van der Waals surface area contributed by atoms with E-state index in [4.69, 9.17) is 4.74 Å². The van der Waals surface area contributed by atoms with E-state index in [0.29, 0.717) is 6.54 Å². The molecule has 18 heavy (non-hydrogen) atoms. The van der Waals surface area contributed by atoms with Gasteiger partial charge in [0.1, 0.15) is 0 Å². The number of carbonyl (C=O) groups is 1. The van der Waals surface area contributed by atoms with Crippen LogP contribution in [0.2, 0.25) is 0 Å². The molecule has 0 aromatic heterocycles. The van der Waals surface area contributed by atoms with Crippen molar-refractivity contribution in [1.29, 1.82) is 0 Å². The third-order valence-electron chi connectivity index (χ3n) is 3.46. The van der Waals surface area contributed by atoms with Crippen molar-refractivity contribution < 1.29 is 9.53 Å². The van der Waals surface area contributed by atoms with Gasteiger partial charge in [-0.1, -0.05) is 18.2 Å². The van der Waals surface area contributed by atoms with E-state index in [1.165, 1.54) is 18.2 Å². The van der Waals surface area contributed by atoms with Crippen molar-refractivity contribution >= 4 is 17.2 Å². The van der Waals surface area contributed by atoms with Crippen LogP contribution in [0.3, 0.4) is 0 Å². The highest BCUT2D eigenvalue weighted by molar-refractivity contribution is 5.83. The second-order valence-electron chi connectivity index (χ2n) is 4.59. The van der Waals surface area contributed by atoms with Gasteiger partial charge in [0, 0.05) is 18.7 Å². The fraction of sp³-hybridized carbons (Fsp3) is 0.357. The number of hydrogen-bond acceptors (Lipinski definition) is 3. The lowest BCUT2D eigenvalue weighted by Crippen LogP contribution is -2.36. The molecule has 0 unspecified atom stereocenters. The molecule has 4 heteroatoms. The number of para-hydroxylation sites is 1. The summed E-state index contributed by atoms with van der Waals surface area (Å²) < 4.78 is 4.70. The Labute approximate surface area is 106 Å². The summed E-state index contributed by atoms with van der Waals surface area (Å²) in [4.78, 5) is 13.4. The molecular formula is C14H15N2O2. The Bertz CT molecular complexity index is 522. The highest BCUT2D eigenvalue weighted by Gasteiger charge is 2.28. The number of benzene rings is 1. The number of ether oxygens (including phenoxy) is 1. The van der Waals surface area contributed by atoms with Gasteiger partial charge in [0.2, 0.25) is 0 Å². The summed E-state index contributed by atoms with van der Waals surface area (Å²) in [5.74, 6) is -0.186. The van der Waals surface area contributed by atoms with Crippen molar-refractivity contribution in [3.8, 4) is 0 Å². The molecule has 0 fully saturated rings. The molecule has 0 N–H and O–H groups in total. The first-order valence-electron chi connectivity index (χ1n) is 6.10. The van der Waals surface area contributed by atoms with Gasteiger partial charge >= 0.3 is 5.97 Å². The number of hydrogen-bond donors (Lipinski definition) is 0. The Morgan fingerprint density at radius 3 is 3.11 bits per heavy atom. The average Bonchev–Trinajstić information content (AvgIpc) is 2.76. The number of nitrogens with zero attached hydrogens (tertiary/aromatic N) is 2. The van der Waals surface area contributed by atoms with Crippen LogP contribution < -0.4 is 5.32 Å². The van der Waals surface area contributed by atoms with E-state index in [-0.39, 0.29) is 5.97 Å². The van der Waals surface area contributed by atoms with Crippen molar-refractivity contribution in [3.05, 3.63) is 35.5 Å². The molecule has 4 nitrogen and oxygen atoms in total. The Morgan fingerprint density at radius 2 is 2.28 bits per heavy atom. The largest absolute Gasteiger partial charge is 0.468 e. The van der Waals surface area contributed by atoms with E-state index in [9.17, 15) is 4.79 Å². The molecule has 3 rings (SSSR count). The first kappa shape index (κ1) is 11.3. The second-order valence-corrected chi connectivity index (χ2v) is 4.59. The summed E-state index contributed by atoms with van der Waals surface area (Å²) in [5.41, 5.74) is 4.76. The van der Waals surface area contributed by atoms with Crippen molar-refractivity contribution in [2.75, 3.05) is 26.7 Å². The Morgan fingerprint density at radius 1 is 1.44 bits per heavy atom. The summed E-state index contributed by atoms with van der Waals surface area (Å²) >= 11 is 0. The second kappa shape index (κ2) is 4.46. The highest BCUT2D eigenvalue weighted by Crippen LogP contribution is 2.38. The van der Waals surface area contributed by atoms with Gasteiger partial charge in [0.05, 0.1) is 25.0 Å². The maximum atomic E-state index is 11.3. The number of carbonyl (C=O) groups excluding carboxylic acids is 1. The molecule has 1 aromatic carbocycles. The molecule has 93 valence electrons. The molecule has 0 spiro atoms. The minimum Gasteiger partial charge on any atom is -0.468 e. The third kappa shape index (κ3) is 1.88. The van der Waals surface area contributed by atoms with Crippen LogP contribution in [0.25, 0.3) is 5.57 Å². The third-order valence-corrected chi connectivity index (χ3v) is 3.46. The fourth-order valence-electron chi connectivity index (χ4n) is 2.55. The van der Waals surface area contributed by atoms with Gasteiger partial charge in [0.25, 0.3) is 0 Å². The van der Waals surface area contributed by atoms with Crippen molar-refractivity contribution in [3.63, 3.8) is 0 Å². The molecule has 2 aliphatic heterocycles. The van der Waals surface area contributed by atoms with E-state index >= 15 is 0 Å². The molecule has 0 atom stereocenters. The quantitative estimate of drug-likeness (QED) is 0.740. The summed E-state index contributed by atoms with van der Waals surface area (Å²) in [6, 6.07) is 8.22. The highest BCUT2D eigenvalue weighted by atomic mass is 16.5.